The molecule has 1 aromatic rings. The van der Waals surface area contributed by atoms with Crippen LogP contribution in [0, 0.1) is 11.8 Å². The number of fused-ring (bicyclic) bond motifs is 2. The van der Waals surface area contributed by atoms with Gasteiger partial charge in [0, 0.05) is 6.54 Å². The number of benzene rings is 1. The Bertz CT molecular complexity index is 561. The molecule has 2 bridgehead atoms. The van der Waals surface area contributed by atoms with E-state index in [1.54, 1.807) is 0 Å². The highest BCUT2D eigenvalue weighted by atomic mass is 16.6. The van der Waals surface area contributed by atoms with Crippen molar-refractivity contribution in [3.8, 4) is 0 Å². The molecule has 1 saturated heterocycles. The number of rotatable bonds is 3. The highest BCUT2D eigenvalue weighted by molar-refractivity contribution is 5.78. The van der Waals surface area contributed by atoms with Crippen LogP contribution in [0.1, 0.15) is 12.0 Å². The first-order valence-electron chi connectivity index (χ1n) is 7.35. The van der Waals surface area contributed by atoms with Gasteiger partial charge >= 0.3 is 12.1 Å². The molecule has 0 aromatic heterocycles. The van der Waals surface area contributed by atoms with Crippen LogP contribution in [0.5, 0.6) is 0 Å². The first-order valence-corrected chi connectivity index (χ1v) is 7.35. The summed E-state index contributed by atoms with van der Waals surface area (Å²) in [6.07, 6.45) is -0.677. The normalized spacial score (nSPS) is 29.5. The van der Waals surface area contributed by atoms with E-state index in [4.69, 9.17) is 9.47 Å². The molecular weight excluding hydrogens is 286 g/mol. The zero-order valence-electron chi connectivity index (χ0n) is 12.3. The summed E-state index contributed by atoms with van der Waals surface area (Å²) in [5.74, 6) is -0.883. The van der Waals surface area contributed by atoms with Crippen molar-refractivity contribution in [2.75, 3.05) is 13.7 Å². The van der Waals surface area contributed by atoms with Crippen LogP contribution >= 0.6 is 0 Å². The Kier molecular flexibility index (Phi) is 4.02. The Balaban J connectivity index is 1.65. The van der Waals surface area contributed by atoms with Crippen molar-refractivity contribution in [1.82, 2.24) is 4.90 Å². The number of carbonyl (C=O) groups excluding carboxylic acids is 2. The fourth-order valence-corrected chi connectivity index (χ4v) is 3.54. The van der Waals surface area contributed by atoms with Crippen LogP contribution in [-0.4, -0.2) is 47.9 Å². The summed E-state index contributed by atoms with van der Waals surface area (Å²) in [4.78, 5) is 25.6. The SMILES string of the molecule is COC(=O)[C@@H]1[C@@H]2C[C@H](O)[C@H]1N(C(=O)OCc1ccccc1)C2. The first kappa shape index (κ1) is 14.8. The van der Waals surface area contributed by atoms with Gasteiger partial charge in [-0.2, -0.15) is 0 Å². The monoisotopic (exact) mass is 305 g/mol. The van der Waals surface area contributed by atoms with Crippen LogP contribution in [0.25, 0.3) is 0 Å². The molecule has 0 radical (unpaired) electrons. The Labute approximate surface area is 128 Å². The molecule has 0 unspecified atom stereocenters. The van der Waals surface area contributed by atoms with E-state index in [-0.39, 0.29) is 18.5 Å². The molecule has 4 atom stereocenters. The summed E-state index contributed by atoms with van der Waals surface area (Å²) in [7, 11) is 1.32. The van der Waals surface area contributed by atoms with Gasteiger partial charge in [-0.15, -0.1) is 0 Å². The lowest BCUT2D eigenvalue weighted by Gasteiger charge is -2.29. The highest BCUT2D eigenvalue weighted by Crippen LogP contribution is 2.43. The Morgan fingerprint density at radius 2 is 2.05 bits per heavy atom. The summed E-state index contributed by atoms with van der Waals surface area (Å²) >= 11 is 0. The number of hydrogen-bond donors (Lipinski definition) is 1. The topological polar surface area (TPSA) is 76.1 Å². The lowest BCUT2D eigenvalue weighted by atomic mass is 9.99. The lowest BCUT2D eigenvalue weighted by Crippen LogP contribution is -2.46. The largest absolute Gasteiger partial charge is 0.469 e. The van der Waals surface area contributed by atoms with Crippen LogP contribution in [0.15, 0.2) is 30.3 Å². The number of esters is 1. The molecule has 1 heterocycles. The molecule has 1 saturated carbocycles. The molecule has 2 aliphatic rings. The fraction of sp³-hybridized carbons (Fsp3) is 0.500. The average molecular weight is 305 g/mol. The van der Waals surface area contributed by atoms with E-state index in [0.29, 0.717) is 13.0 Å². The van der Waals surface area contributed by atoms with E-state index in [2.05, 4.69) is 0 Å². The number of aliphatic hydroxyl groups excluding tert-OH is 1. The Morgan fingerprint density at radius 3 is 2.73 bits per heavy atom. The van der Waals surface area contributed by atoms with Gasteiger partial charge in [0.05, 0.1) is 25.2 Å². The van der Waals surface area contributed by atoms with Crippen molar-refractivity contribution < 1.29 is 24.2 Å². The molecule has 1 amide bonds. The summed E-state index contributed by atoms with van der Waals surface area (Å²) in [6, 6.07) is 8.84. The number of nitrogens with zero attached hydrogens (tertiary/aromatic N) is 1. The van der Waals surface area contributed by atoms with Crippen LogP contribution in [0.4, 0.5) is 4.79 Å². The number of methoxy groups -OCH3 is 1. The molecule has 2 fully saturated rings. The molecule has 1 N–H and O–H groups in total. The predicted molar refractivity (Wildman–Crippen MR) is 76.7 cm³/mol. The van der Waals surface area contributed by atoms with Gasteiger partial charge in [0.25, 0.3) is 0 Å². The van der Waals surface area contributed by atoms with E-state index in [1.807, 2.05) is 30.3 Å². The molecule has 3 rings (SSSR count). The molecule has 6 heteroatoms. The quantitative estimate of drug-likeness (QED) is 0.849. The second-order valence-electron chi connectivity index (χ2n) is 5.80. The average Bonchev–Trinajstić information content (AvgIpc) is 3.07. The summed E-state index contributed by atoms with van der Waals surface area (Å²) in [5, 5.41) is 10.1. The van der Waals surface area contributed by atoms with Crippen LogP contribution < -0.4 is 0 Å². The number of aliphatic hydroxyl groups is 1. The van der Waals surface area contributed by atoms with Gasteiger partial charge in [0.1, 0.15) is 6.61 Å². The van der Waals surface area contributed by atoms with Gasteiger partial charge in [-0.3, -0.25) is 4.79 Å². The summed E-state index contributed by atoms with van der Waals surface area (Å²) in [5.41, 5.74) is 0.894. The number of piperidine rings is 1. The van der Waals surface area contributed by atoms with Crippen molar-refractivity contribution in [1.29, 1.82) is 0 Å². The highest BCUT2D eigenvalue weighted by Gasteiger charge is 2.57. The smallest absolute Gasteiger partial charge is 0.410 e. The van der Waals surface area contributed by atoms with E-state index >= 15 is 0 Å². The number of amides is 1. The van der Waals surface area contributed by atoms with Crippen molar-refractivity contribution in [3.63, 3.8) is 0 Å². The standard InChI is InChI=1S/C16H19NO5/c1-21-15(19)13-11-7-12(18)14(13)17(8-11)16(20)22-9-10-5-3-2-4-6-10/h2-6,11-14,18H,7-9H2,1H3/t11-,12+,13-,14-/m1/s1. The van der Waals surface area contributed by atoms with Crippen LogP contribution in [0.3, 0.4) is 0 Å². The van der Waals surface area contributed by atoms with Gasteiger partial charge < -0.3 is 19.5 Å². The minimum atomic E-state index is -0.702. The third-order valence-corrected chi connectivity index (χ3v) is 4.52. The van der Waals surface area contributed by atoms with E-state index in [1.165, 1.54) is 12.0 Å². The lowest BCUT2D eigenvalue weighted by molar-refractivity contribution is -0.146. The Morgan fingerprint density at radius 1 is 1.32 bits per heavy atom. The van der Waals surface area contributed by atoms with E-state index in [0.717, 1.165) is 5.56 Å². The fourth-order valence-electron chi connectivity index (χ4n) is 3.54. The van der Waals surface area contributed by atoms with Crippen molar-refractivity contribution in [2.45, 2.75) is 25.2 Å². The van der Waals surface area contributed by atoms with Gasteiger partial charge in [-0.05, 0) is 17.9 Å². The molecular formula is C16H19NO5. The molecule has 0 spiro atoms. The molecule has 1 aliphatic heterocycles. The Hall–Kier alpha value is -2.08. The van der Waals surface area contributed by atoms with Crippen LogP contribution in [-0.2, 0) is 20.9 Å². The third-order valence-electron chi connectivity index (χ3n) is 4.52. The zero-order chi connectivity index (χ0) is 15.7. The predicted octanol–water partition coefficient (Wildman–Crippen LogP) is 1.18. The second kappa shape index (κ2) is 5.96. The van der Waals surface area contributed by atoms with Crippen molar-refractivity contribution in [3.05, 3.63) is 35.9 Å². The number of likely N-dealkylation sites (tertiary alicyclic amines) is 1. The number of ether oxygens (including phenoxy) is 2. The summed E-state index contributed by atoms with van der Waals surface area (Å²) in [6.45, 7) is 0.599. The minimum Gasteiger partial charge on any atom is -0.469 e. The molecule has 118 valence electrons. The van der Waals surface area contributed by atoms with Gasteiger partial charge in [-0.1, -0.05) is 30.3 Å². The zero-order valence-corrected chi connectivity index (χ0v) is 12.3. The molecule has 6 nitrogen and oxygen atoms in total. The van der Waals surface area contributed by atoms with Gasteiger partial charge in [0.15, 0.2) is 0 Å². The molecule has 1 aliphatic carbocycles. The third kappa shape index (κ3) is 2.54. The maximum atomic E-state index is 12.3. The minimum absolute atomic E-state index is 0.0586. The van der Waals surface area contributed by atoms with Crippen molar-refractivity contribution >= 4 is 12.1 Å². The number of carbonyl (C=O) groups is 2. The van der Waals surface area contributed by atoms with E-state index in [9.17, 15) is 14.7 Å². The molecule has 22 heavy (non-hydrogen) atoms. The second-order valence-corrected chi connectivity index (χ2v) is 5.80. The van der Waals surface area contributed by atoms with E-state index < -0.39 is 24.2 Å². The number of hydrogen-bond acceptors (Lipinski definition) is 5. The molecule has 1 aromatic carbocycles. The van der Waals surface area contributed by atoms with Gasteiger partial charge in [0.2, 0.25) is 0 Å². The van der Waals surface area contributed by atoms with Gasteiger partial charge in [-0.25, -0.2) is 4.79 Å². The van der Waals surface area contributed by atoms with Crippen LogP contribution in [0.2, 0.25) is 0 Å². The van der Waals surface area contributed by atoms with Crippen molar-refractivity contribution in [2.24, 2.45) is 11.8 Å². The summed E-state index contributed by atoms with van der Waals surface area (Å²) < 4.78 is 10.1. The first-order chi connectivity index (χ1) is 10.6. The maximum Gasteiger partial charge on any atom is 0.410 e. The maximum absolute atomic E-state index is 12.3.